The number of hydrogen-bond acceptors (Lipinski definition) is 8. The molecule has 1 saturated heterocycles. The summed E-state index contributed by atoms with van der Waals surface area (Å²) >= 11 is 0. The zero-order valence-electron chi connectivity index (χ0n) is 16.0. The maximum absolute atomic E-state index is 12.5. The Morgan fingerprint density at radius 1 is 1.23 bits per heavy atom. The van der Waals surface area contributed by atoms with Gasteiger partial charge in [0.15, 0.2) is 5.69 Å². The van der Waals surface area contributed by atoms with Gasteiger partial charge in [-0.25, -0.2) is 23.0 Å². The van der Waals surface area contributed by atoms with Gasteiger partial charge in [0.25, 0.3) is 0 Å². The third kappa shape index (κ3) is 4.80. The summed E-state index contributed by atoms with van der Waals surface area (Å²) in [5.74, 6) is -2.20. The summed E-state index contributed by atoms with van der Waals surface area (Å²) in [6, 6.07) is 4.91. The third-order valence-corrected chi connectivity index (χ3v) is 5.53. The van der Waals surface area contributed by atoms with Crippen LogP contribution in [0.15, 0.2) is 35.4 Å². The molecular weight excluding hydrogens is 416 g/mol. The molecule has 1 fully saturated rings. The van der Waals surface area contributed by atoms with Crippen molar-refractivity contribution >= 4 is 33.5 Å². The van der Waals surface area contributed by atoms with Crippen molar-refractivity contribution in [3.8, 4) is 0 Å². The van der Waals surface area contributed by atoms with Gasteiger partial charge in [-0.1, -0.05) is 5.21 Å². The Hall–Kier alpha value is -3.32. The summed E-state index contributed by atoms with van der Waals surface area (Å²) in [6.07, 6.45) is 2.78. The fraction of sp³-hybridized carbons (Fsp3) is 0.353. The number of nitrogens with two attached hydrogens (primary N) is 1. The Labute approximate surface area is 172 Å². The van der Waals surface area contributed by atoms with E-state index in [4.69, 9.17) is 5.14 Å². The fourth-order valence-electron chi connectivity index (χ4n) is 3.06. The quantitative estimate of drug-likeness (QED) is 0.478. The van der Waals surface area contributed by atoms with Gasteiger partial charge in [0, 0.05) is 18.8 Å². The average Bonchev–Trinajstić information content (AvgIpc) is 3.23. The maximum atomic E-state index is 12.5. The van der Waals surface area contributed by atoms with Crippen molar-refractivity contribution < 1.29 is 27.5 Å². The molecule has 1 aromatic carbocycles. The summed E-state index contributed by atoms with van der Waals surface area (Å²) in [5.41, 5.74) is 0.315. The van der Waals surface area contributed by atoms with E-state index in [1.807, 2.05) is 0 Å². The highest BCUT2D eigenvalue weighted by Crippen LogP contribution is 2.21. The molecule has 0 radical (unpaired) electrons. The fourth-order valence-corrected chi connectivity index (χ4v) is 3.58. The molecule has 0 saturated carbocycles. The van der Waals surface area contributed by atoms with Gasteiger partial charge < -0.3 is 15.0 Å². The van der Waals surface area contributed by atoms with Crippen LogP contribution in [-0.2, 0) is 24.3 Å². The summed E-state index contributed by atoms with van der Waals surface area (Å²) in [7, 11) is -2.61. The van der Waals surface area contributed by atoms with Gasteiger partial charge >= 0.3 is 17.8 Å². The number of aromatic nitrogens is 3. The highest BCUT2D eigenvalue weighted by Gasteiger charge is 2.29. The SMILES string of the molecule is COC(=O)c1cn(C2CCCN(C(=O)C(=O)Nc3ccc(S(N)(=O)=O)cc3)C2)nn1. The van der Waals surface area contributed by atoms with Crippen molar-refractivity contribution in [3.05, 3.63) is 36.2 Å². The van der Waals surface area contributed by atoms with E-state index in [0.717, 1.165) is 0 Å². The van der Waals surface area contributed by atoms with E-state index in [0.29, 0.717) is 19.4 Å². The van der Waals surface area contributed by atoms with Crippen LogP contribution in [0.5, 0.6) is 0 Å². The molecular formula is C17H20N6O6S. The van der Waals surface area contributed by atoms with E-state index >= 15 is 0 Å². The molecule has 1 aliphatic rings. The Kier molecular flexibility index (Phi) is 6.12. The molecule has 1 aromatic heterocycles. The van der Waals surface area contributed by atoms with Crippen LogP contribution >= 0.6 is 0 Å². The Balaban J connectivity index is 1.63. The van der Waals surface area contributed by atoms with Gasteiger partial charge in [-0.2, -0.15) is 0 Å². The second kappa shape index (κ2) is 8.59. The molecule has 13 heteroatoms. The summed E-state index contributed by atoms with van der Waals surface area (Å²) in [6.45, 7) is 0.617. The van der Waals surface area contributed by atoms with E-state index in [2.05, 4.69) is 20.4 Å². The topological polar surface area (TPSA) is 167 Å². The smallest absolute Gasteiger partial charge is 0.360 e. The first kappa shape index (κ1) is 21.4. The number of carbonyl (C=O) groups excluding carboxylic acids is 3. The monoisotopic (exact) mass is 436 g/mol. The largest absolute Gasteiger partial charge is 0.464 e. The van der Waals surface area contributed by atoms with Crippen LogP contribution in [0.1, 0.15) is 29.4 Å². The number of benzene rings is 1. The first-order valence-corrected chi connectivity index (χ1v) is 10.5. The number of amides is 2. The summed E-state index contributed by atoms with van der Waals surface area (Å²) < 4.78 is 28.6. The van der Waals surface area contributed by atoms with Crippen LogP contribution in [0.25, 0.3) is 0 Å². The molecule has 30 heavy (non-hydrogen) atoms. The van der Waals surface area contributed by atoms with E-state index in [9.17, 15) is 22.8 Å². The lowest BCUT2D eigenvalue weighted by Crippen LogP contribution is -2.45. The first-order valence-electron chi connectivity index (χ1n) is 8.92. The van der Waals surface area contributed by atoms with Gasteiger partial charge in [-0.3, -0.25) is 9.59 Å². The standard InChI is InChI=1S/C17H20N6O6S/c1-29-17(26)14-10-23(21-20-14)12-3-2-8-22(9-12)16(25)15(24)19-11-4-6-13(7-5-11)30(18,27)28/h4-7,10,12H,2-3,8-9H2,1H3,(H,19,24)(H2,18,27,28). The minimum Gasteiger partial charge on any atom is -0.464 e. The van der Waals surface area contributed by atoms with Crippen molar-refractivity contribution in [1.29, 1.82) is 0 Å². The molecule has 1 atom stereocenters. The van der Waals surface area contributed by atoms with E-state index < -0.39 is 27.8 Å². The number of nitrogens with zero attached hydrogens (tertiary/aromatic N) is 4. The van der Waals surface area contributed by atoms with Crippen molar-refractivity contribution in [2.45, 2.75) is 23.8 Å². The van der Waals surface area contributed by atoms with Crippen LogP contribution < -0.4 is 10.5 Å². The predicted octanol–water partition coefficient (Wildman–Crippen LogP) is -0.486. The molecule has 12 nitrogen and oxygen atoms in total. The summed E-state index contributed by atoms with van der Waals surface area (Å²) in [4.78, 5) is 37.7. The van der Waals surface area contributed by atoms with E-state index in [-0.39, 0.29) is 28.9 Å². The van der Waals surface area contributed by atoms with Crippen LogP contribution in [0, 0.1) is 0 Å². The molecule has 1 aliphatic heterocycles. The second-order valence-corrected chi connectivity index (χ2v) is 8.21. The van der Waals surface area contributed by atoms with Crippen LogP contribution in [0.2, 0.25) is 0 Å². The number of rotatable bonds is 4. The van der Waals surface area contributed by atoms with Gasteiger partial charge in [0.2, 0.25) is 10.0 Å². The number of anilines is 1. The van der Waals surface area contributed by atoms with E-state index in [1.54, 1.807) is 0 Å². The molecule has 2 heterocycles. The lowest BCUT2D eigenvalue weighted by Gasteiger charge is -2.32. The number of methoxy groups -OCH3 is 1. The predicted molar refractivity (Wildman–Crippen MR) is 103 cm³/mol. The molecule has 3 N–H and O–H groups in total. The number of esters is 1. The van der Waals surface area contributed by atoms with Crippen LogP contribution in [-0.4, -0.2) is 66.3 Å². The number of nitrogens with one attached hydrogen (secondary N) is 1. The van der Waals surface area contributed by atoms with Crippen molar-refractivity contribution in [2.75, 3.05) is 25.5 Å². The molecule has 0 aliphatic carbocycles. The number of piperidine rings is 1. The van der Waals surface area contributed by atoms with Gasteiger partial charge in [0.1, 0.15) is 0 Å². The van der Waals surface area contributed by atoms with Crippen molar-refractivity contribution in [2.24, 2.45) is 5.14 Å². The number of likely N-dealkylation sites (tertiary alicyclic amines) is 1. The number of sulfonamides is 1. The minimum absolute atomic E-state index is 0.0571. The zero-order chi connectivity index (χ0) is 21.9. The van der Waals surface area contributed by atoms with Gasteiger partial charge in [-0.15, -0.1) is 5.10 Å². The van der Waals surface area contributed by atoms with Crippen molar-refractivity contribution in [1.82, 2.24) is 19.9 Å². The van der Waals surface area contributed by atoms with E-state index in [1.165, 1.54) is 47.2 Å². The zero-order valence-corrected chi connectivity index (χ0v) is 16.8. The lowest BCUT2D eigenvalue weighted by atomic mass is 10.1. The molecule has 2 aromatic rings. The Bertz CT molecular complexity index is 1060. The number of carbonyl (C=O) groups is 3. The van der Waals surface area contributed by atoms with Crippen LogP contribution in [0.3, 0.4) is 0 Å². The Morgan fingerprint density at radius 2 is 1.93 bits per heavy atom. The Morgan fingerprint density at radius 3 is 2.57 bits per heavy atom. The highest BCUT2D eigenvalue weighted by atomic mass is 32.2. The number of ether oxygens (including phenoxy) is 1. The van der Waals surface area contributed by atoms with Crippen molar-refractivity contribution in [3.63, 3.8) is 0 Å². The van der Waals surface area contributed by atoms with Crippen LogP contribution in [0.4, 0.5) is 5.69 Å². The lowest BCUT2D eigenvalue weighted by molar-refractivity contribution is -0.144. The van der Waals surface area contributed by atoms with Gasteiger partial charge in [0.05, 0.1) is 24.2 Å². The molecule has 0 spiro atoms. The minimum atomic E-state index is -3.85. The third-order valence-electron chi connectivity index (χ3n) is 4.60. The molecule has 160 valence electrons. The molecule has 2 amide bonds. The first-order chi connectivity index (χ1) is 14.2. The number of primary sulfonamides is 1. The number of hydrogen-bond donors (Lipinski definition) is 2. The molecule has 0 bridgehead atoms. The highest BCUT2D eigenvalue weighted by molar-refractivity contribution is 7.89. The van der Waals surface area contributed by atoms with Gasteiger partial charge in [-0.05, 0) is 37.1 Å². The summed E-state index contributed by atoms with van der Waals surface area (Å²) in [5, 5.41) is 15.1. The molecule has 1 unspecified atom stereocenters. The maximum Gasteiger partial charge on any atom is 0.360 e. The second-order valence-electron chi connectivity index (χ2n) is 6.65. The molecule has 3 rings (SSSR count). The normalized spacial score (nSPS) is 16.7. The average molecular weight is 436 g/mol.